The fourth-order valence-electron chi connectivity index (χ4n) is 4.38. The highest BCUT2D eigenvalue weighted by atomic mass is 19.4. The monoisotopic (exact) mass is 527 g/mol. The molecule has 1 fully saturated rings. The fourth-order valence-corrected chi connectivity index (χ4v) is 4.38. The van der Waals surface area contributed by atoms with Crippen LogP contribution in [-0.4, -0.2) is 61.9 Å². The van der Waals surface area contributed by atoms with Gasteiger partial charge in [-0.3, -0.25) is 4.79 Å². The third-order valence-electron chi connectivity index (χ3n) is 6.22. The first-order valence-corrected chi connectivity index (χ1v) is 12.3. The Morgan fingerprint density at radius 2 is 1.76 bits per heavy atom. The van der Waals surface area contributed by atoms with Crippen molar-refractivity contribution in [1.82, 2.24) is 29.9 Å². The van der Waals surface area contributed by atoms with Crippen LogP contribution < -0.4 is 4.90 Å². The highest BCUT2D eigenvalue weighted by Crippen LogP contribution is 2.37. The molecule has 4 heterocycles. The van der Waals surface area contributed by atoms with E-state index in [9.17, 15) is 18.0 Å². The van der Waals surface area contributed by atoms with E-state index in [1.165, 1.54) is 28.0 Å². The number of carbonyl (C=O) groups is 1. The predicted molar refractivity (Wildman–Crippen MR) is 135 cm³/mol. The van der Waals surface area contributed by atoms with Crippen molar-refractivity contribution in [3.05, 3.63) is 53.3 Å². The number of aryl methyl sites for hydroxylation is 1. The van der Waals surface area contributed by atoms with Gasteiger partial charge in [-0.05, 0) is 36.6 Å². The molecular weight excluding hydrogens is 499 g/mol. The molecule has 12 heteroatoms. The number of alkyl halides is 3. The second kappa shape index (κ2) is 9.41. The van der Waals surface area contributed by atoms with Crippen molar-refractivity contribution in [3.8, 4) is 11.3 Å². The first kappa shape index (κ1) is 25.7. The highest BCUT2D eigenvalue weighted by molar-refractivity contribution is 5.95. The first-order valence-electron chi connectivity index (χ1n) is 12.3. The maximum atomic E-state index is 14.0. The molecule has 1 aromatic carbocycles. The number of amides is 1. The van der Waals surface area contributed by atoms with E-state index in [4.69, 9.17) is 4.42 Å². The van der Waals surface area contributed by atoms with E-state index in [1.54, 1.807) is 6.07 Å². The molecule has 0 N–H and O–H groups in total. The fraction of sp³-hybridized carbons (Fsp3) is 0.423. The van der Waals surface area contributed by atoms with Crippen molar-refractivity contribution in [2.45, 2.75) is 40.4 Å². The smallest absolute Gasteiger partial charge is 0.417 e. The molecule has 3 aromatic heterocycles. The van der Waals surface area contributed by atoms with Crippen LogP contribution in [0.1, 0.15) is 42.4 Å². The highest BCUT2D eigenvalue weighted by Gasteiger charge is 2.36. The van der Waals surface area contributed by atoms with E-state index in [1.807, 2.05) is 38.7 Å². The van der Waals surface area contributed by atoms with Crippen molar-refractivity contribution >= 4 is 23.2 Å². The van der Waals surface area contributed by atoms with Crippen LogP contribution in [0.3, 0.4) is 0 Å². The molecule has 1 aliphatic rings. The SMILES string of the molecule is Cc1ccc2oc(N3CCN(C(=O)c4ccc(-c5cnn(CC(C)(C)C)n5)c(C(F)(F)F)c4)CC3)nc2n1. The Hall–Kier alpha value is -3.96. The number of hydrogen-bond acceptors (Lipinski definition) is 7. The van der Waals surface area contributed by atoms with Gasteiger partial charge in [0.15, 0.2) is 5.58 Å². The van der Waals surface area contributed by atoms with E-state index >= 15 is 0 Å². The van der Waals surface area contributed by atoms with Crippen LogP contribution in [0, 0.1) is 12.3 Å². The molecule has 5 rings (SSSR count). The molecule has 0 unspecified atom stereocenters. The summed E-state index contributed by atoms with van der Waals surface area (Å²) >= 11 is 0. The topological polar surface area (TPSA) is 93.2 Å². The van der Waals surface area contributed by atoms with Crippen LogP contribution in [-0.2, 0) is 12.7 Å². The maximum absolute atomic E-state index is 14.0. The Balaban J connectivity index is 1.33. The van der Waals surface area contributed by atoms with Gasteiger partial charge < -0.3 is 14.2 Å². The zero-order valence-electron chi connectivity index (χ0n) is 21.6. The summed E-state index contributed by atoms with van der Waals surface area (Å²) in [5.41, 5.74) is 0.818. The third-order valence-corrected chi connectivity index (χ3v) is 6.22. The second-order valence-electron chi connectivity index (χ2n) is 10.6. The van der Waals surface area contributed by atoms with Gasteiger partial charge in [0.1, 0.15) is 5.69 Å². The molecule has 1 amide bonds. The van der Waals surface area contributed by atoms with E-state index in [-0.39, 0.29) is 22.2 Å². The molecule has 0 saturated carbocycles. The predicted octanol–water partition coefficient (Wildman–Crippen LogP) is 4.82. The van der Waals surface area contributed by atoms with Gasteiger partial charge in [0.05, 0.1) is 18.3 Å². The number of fused-ring (bicyclic) bond motifs is 1. The van der Waals surface area contributed by atoms with E-state index in [2.05, 4.69) is 20.2 Å². The molecule has 4 aromatic rings. The van der Waals surface area contributed by atoms with Gasteiger partial charge in [0.25, 0.3) is 11.9 Å². The second-order valence-corrected chi connectivity index (χ2v) is 10.6. The zero-order valence-corrected chi connectivity index (χ0v) is 21.6. The van der Waals surface area contributed by atoms with Crippen LogP contribution in [0.15, 0.2) is 40.9 Å². The van der Waals surface area contributed by atoms with Crippen LogP contribution in [0.2, 0.25) is 0 Å². The lowest BCUT2D eigenvalue weighted by Gasteiger charge is -2.34. The van der Waals surface area contributed by atoms with Crippen LogP contribution in [0.5, 0.6) is 0 Å². The Morgan fingerprint density at radius 3 is 2.45 bits per heavy atom. The van der Waals surface area contributed by atoms with Gasteiger partial charge >= 0.3 is 6.18 Å². The zero-order chi connectivity index (χ0) is 27.2. The molecule has 0 aliphatic carbocycles. The number of hydrogen-bond donors (Lipinski definition) is 0. The largest absolute Gasteiger partial charge is 0.422 e. The average Bonchev–Trinajstić information content (AvgIpc) is 3.48. The van der Waals surface area contributed by atoms with Gasteiger partial charge in [-0.1, -0.05) is 26.8 Å². The number of anilines is 1. The molecule has 0 radical (unpaired) electrons. The number of oxazole rings is 1. The van der Waals surface area contributed by atoms with Crippen molar-refractivity contribution < 1.29 is 22.4 Å². The minimum absolute atomic E-state index is 0.0295. The van der Waals surface area contributed by atoms with E-state index in [0.29, 0.717) is 50.0 Å². The number of carbonyl (C=O) groups excluding carboxylic acids is 1. The number of aromatic nitrogens is 5. The van der Waals surface area contributed by atoms with E-state index in [0.717, 1.165) is 11.8 Å². The summed E-state index contributed by atoms with van der Waals surface area (Å²) in [5, 5.41) is 8.37. The summed E-state index contributed by atoms with van der Waals surface area (Å²) in [6.45, 7) is 9.77. The van der Waals surface area contributed by atoms with Gasteiger partial charge in [-0.25, -0.2) is 4.98 Å². The molecular formula is C26H28F3N7O2. The summed E-state index contributed by atoms with van der Waals surface area (Å²) < 4.78 is 47.9. The average molecular weight is 528 g/mol. The minimum atomic E-state index is -4.67. The maximum Gasteiger partial charge on any atom is 0.417 e. The lowest BCUT2D eigenvalue weighted by atomic mass is 9.97. The summed E-state index contributed by atoms with van der Waals surface area (Å²) in [6, 6.07) is 7.67. The minimum Gasteiger partial charge on any atom is -0.422 e. The third kappa shape index (κ3) is 5.34. The van der Waals surface area contributed by atoms with E-state index < -0.39 is 17.6 Å². The van der Waals surface area contributed by atoms with Crippen LogP contribution in [0.25, 0.3) is 22.5 Å². The molecule has 1 aliphatic heterocycles. The molecule has 1 saturated heterocycles. The van der Waals surface area contributed by atoms with Gasteiger partial charge in [0, 0.05) is 43.0 Å². The summed E-state index contributed by atoms with van der Waals surface area (Å²) in [5.74, 6) is -0.465. The Morgan fingerprint density at radius 1 is 1.03 bits per heavy atom. The number of nitrogens with zero attached hydrogens (tertiary/aromatic N) is 7. The summed E-state index contributed by atoms with van der Waals surface area (Å²) in [7, 11) is 0. The van der Waals surface area contributed by atoms with Crippen molar-refractivity contribution in [2.75, 3.05) is 31.1 Å². The van der Waals surface area contributed by atoms with Crippen LogP contribution >= 0.6 is 0 Å². The summed E-state index contributed by atoms with van der Waals surface area (Å²) in [6.07, 6.45) is -3.35. The molecule has 0 atom stereocenters. The summed E-state index contributed by atoms with van der Waals surface area (Å²) in [4.78, 5) is 26.8. The number of pyridine rings is 1. The number of halogens is 3. The lowest BCUT2D eigenvalue weighted by Crippen LogP contribution is -2.49. The Bertz CT molecular complexity index is 1480. The van der Waals surface area contributed by atoms with Gasteiger partial charge in [-0.2, -0.15) is 33.1 Å². The standard InChI is InChI=1S/C26H28F3N7O2/c1-16-5-8-21-22(31-16)32-24(38-21)35-11-9-34(10-12-35)23(37)17-6-7-18(19(13-17)26(27,28)29)20-14-30-36(33-20)15-25(2,3)4/h5-8,13-14H,9-12,15H2,1-4H3. The number of benzene rings is 1. The van der Waals surface area contributed by atoms with Gasteiger partial charge in [0.2, 0.25) is 5.65 Å². The van der Waals surface area contributed by atoms with Crippen molar-refractivity contribution in [2.24, 2.45) is 5.41 Å². The Labute approximate surface area is 217 Å². The number of piperazine rings is 1. The normalized spacial score (nSPS) is 14.9. The van der Waals surface area contributed by atoms with Crippen LogP contribution in [0.4, 0.5) is 19.2 Å². The lowest BCUT2D eigenvalue weighted by molar-refractivity contribution is -0.137. The first-order chi connectivity index (χ1) is 17.9. The molecule has 38 heavy (non-hydrogen) atoms. The molecule has 0 bridgehead atoms. The van der Waals surface area contributed by atoms with Crippen molar-refractivity contribution in [3.63, 3.8) is 0 Å². The quantitative estimate of drug-likeness (QED) is 0.376. The molecule has 9 nitrogen and oxygen atoms in total. The Kier molecular flexibility index (Phi) is 6.36. The number of rotatable bonds is 4. The molecule has 0 spiro atoms. The van der Waals surface area contributed by atoms with Crippen molar-refractivity contribution in [1.29, 1.82) is 0 Å². The molecule has 200 valence electrons. The van der Waals surface area contributed by atoms with Gasteiger partial charge in [-0.15, -0.1) is 0 Å².